The lowest BCUT2D eigenvalue weighted by molar-refractivity contribution is 0.0340. The minimum absolute atomic E-state index is 0.356. The molecule has 1 aromatic carbocycles. The second-order valence-electron chi connectivity index (χ2n) is 6.92. The fourth-order valence-electron chi connectivity index (χ4n) is 4.43. The van der Waals surface area contributed by atoms with E-state index in [0.717, 1.165) is 29.7 Å². The minimum atomic E-state index is -0.405. The van der Waals surface area contributed by atoms with Crippen LogP contribution in [0.4, 0.5) is 0 Å². The Kier molecular flexibility index (Phi) is 3.98. The molecular formula is C18H27NO2. The van der Waals surface area contributed by atoms with E-state index in [9.17, 15) is 5.11 Å². The summed E-state index contributed by atoms with van der Waals surface area (Å²) < 4.78 is 5.54. The molecule has 2 bridgehead atoms. The van der Waals surface area contributed by atoms with Crippen molar-refractivity contribution in [1.82, 2.24) is 4.90 Å². The molecule has 0 amide bonds. The van der Waals surface area contributed by atoms with Crippen LogP contribution in [-0.4, -0.2) is 36.2 Å². The number of nitrogens with zero attached hydrogens (tertiary/aromatic N) is 1. The van der Waals surface area contributed by atoms with E-state index in [1.165, 1.54) is 18.4 Å². The predicted octanol–water partition coefficient (Wildman–Crippen LogP) is 3.22. The number of aryl methyl sites for hydroxylation is 2. The first-order valence-corrected chi connectivity index (χ1v) is 8.06. The van der Waals surface area contributed by atoms with E-state index in [4.69, 9.17) is 4.74 Å². The lowest BCUT2D eigenvalue weighted by atomic mass is 9.82. The van der Waals surface area contributed by atoms with Crippen LogP contribution in [0.25, 0.3) is 0 Å². The van der Waals surface area contributed by atoms with Crippen molar-refractivity contribution in [3.8, 4) is 5.75 Å². The molecule has 3 heteroatoms. The highest BCUT2D eigenvalue weighted by molar-refractivity contribution is 5.44. The zero-order chi connectivity index (χ0) is 15.1. The molecular weight excluding hydrogens is 262 g/mol. The maximum absolute atomic E-state index is 11.0. The molecule has 3 atom stereocenters. The quantitative estimate of drug-likeness (QED) is 0.927. The maximum atomic E-state index is 11.0. The van der Waals surface area contributed by atoms with Gasteiger partial charge in [0.05, 0.1) is 13.2 Å². The number of aliphatic hydroxyl groups excluding tert-OH is 1. The Morgan fingerprint density at radius 3 is 2.38 bits per heavy atom. The minimum Gasteiger partial charge on any atom is -0.496 e. The molecule has 2 fully saturated rings. The number of hydrogen-bond donors (Lipinski definition) is 1. The van der Waals surface area contributed by atoms with Crippen molar-refractivity contribution in [2.24, 2.45) is 5.92 Å². The predicted molar refractivity (Wildman–Crippen MR) is 84.7 cm³/mol. The Balaban J connectivity index is 1.87. The maximum Gasteiger partial charge on any atom is 0.125 e. The van der Waals surface area contributed by atoms with Crippen molar-refractivity contribution in [2.75, 3.05) is 14.2 Å². The fourth-order valence-corrected chi connectivity index (χ4v) is 4.43. The fraction of sp³-hybridized carbons (Fsp3) is 0.667. The van der Waals surface area contributed by atoms with Crippen molar-refractivity contribution >= 4 is 0 Å². The van der Waals surface area contributed by atoms with Crippen LogP contribution in [-0.2, 0) is 0 Å². The van der Waals surface area contributed by atoms with Gasteiger partial charge in [-0.15, -0.1) is 0 Å². The van der Waals surface area contributed by atoms with Gasteiger partial charge >= 0.3 is 0 Å². The van der Waals surface area contributed by atoms with Crippen molar-refractivity contribution in [3.63, 3.8) is 0 Å². The Hall–Kier alpha value is -1.06. The first kappa shape index (κ1) is 14.9. The summed E-state index contributed by atoms with van der Waals surface area (Å²) in [4.78, 5) is 2.52. The van der Waals surface area contributed by atoms with Gasteiger partial charge < -0.3 is 14.7 Å². The summed E-state index contributed by atoms with van der Waals surface area (Å²) >= 11 is 0. The molecule has 21 heavy (non-hydrogen) atoms. The van der Waals surface area contributed by atoms with Crippen molar-refractivity contribution in [1.29, 1.82) is 0 Å². The number of hydrogen-bond acceptors (Lipinski definition) is 3. The second kappa shape index (κ2) is 5.62. The molecule has 3 rings (SSSR count). The third-order valence-corrected chi connectivity index (χ3v) is 5.59. The third-order valence-electron chi connectivity index (χ3n) is 5.59. The highest BCUT2D eigenvalue weighted by Gasteiger charge is 2.41. The first-order valence-electron chi connectivity index (χ1n) is 8.06. The molecule has 0 radical (unpaired) electrons. The molecule has 2 saturated heterocycles. The van der Waals surface area contributed by atoms with E-state index in [2.05, 4.69) is 31.9 Å². The van der Waals surface area contributed by atoms with E-state index in [1.807, 2.05) is 6.07 Å². The monoisotopic (exact) mass is 289 g/mol. The van der Waals surface area contributed by atoms with Gasteiger partial charge in [-0.2, -0.15) is 0 Å². The Morgan fingerprint density at radius 2 is 1.81 bits per heavy atom. The summed E-state index contributed by atoms with van der Waals surface area (Å²) in [5.41, 5.74) is 3.33. The largest absolute Gasteiger partial charge is 0.496 e. The van der Waals surface area contributed by atoms with E-state index in [0.29, 0.717) is 18.0 Å². The Labute approximate surface area is 127 Å². The van der Waals surface area contributed by atoms with Crippen molar-refractivity contribution in [3.05, 3.63) is 28.8 Å². The molecule has 0 saturated carbocycles. The van der Waals surface area contributed by atoms with Gasteiger partial charge in [-0.1, -0.05) is 6.07 Å². The summed E-state index contributed by atoms with van der Waals surface area (Å²) in [5, 5.41) is 11.0. The smallest absolute Gasteiger partial charge is 0.125 e. The highest BCUT2D eigenvalue weighted by Crippen LogP contribution is 2.44. The topological polar surface area (TPSA) is 32.7 Å². The molecule has 3 nitrogen and oxygen atoms in total. The molecule has 0 aliphatic carbocycles. The second-order valence-corrected chi connectivity index (χ2v) is 6.92. The van der Waals surface area contributed by atoms with Gasteiger partial charge in [0.1, 0.15) is 5.75 Å². The van der Waals surface area contributed by atoms with Crippen LogP contribution in [0.1, 0.15) is 48.5 Å². The van der Waals surface area contributed by atoms with Crippen molar-refractivity contribution < 1.29 is 9.84 Å². The zero-order valence-corrected chi connectivity index (χ0v) is 13.6. The van der Waals surface area contributed by atoms with Crippen LogP contribution in [0, 0.1) is 19.8 Å². The van der Waals surface area contributed by atoms with Crippen molar-refractivity contribution in [2.45, 2.75) is 57.7 Å². The number of ether oxygens (including phenoxy) is 1. The normalized spacial score (nSPS) is 30.4. The average molecular weight is 289 g/mol. The standard InChI is InChI=1S/C18H27NO2/c1-11-7-12(2)17(16(8-11)21-4)18(20)13-9-14-5-6-15(10-13)19(14)3/h7-8,13-15,18,20H,5-6,9-10H2,1-4H3. The molecule has 0 spiro atoms. The van der Waals surface area contributed by atoms with Gasteiger partial charge in [-0.3, -0.25) is 0 Å². The molecule has 116 valence electrons. The number of rotatable bonds is 3. The lowest BCUT2D eigenvalue weighted by Crippen LogP contribution is -2.41. The van der Waals surface area contributed by atoms with E-state index in [-0.39, 0.29) is 0 Å². The van der Waals surface area contributed by atoms with Gasteiger partial charge in [-0.25, -0.2) is 0 Å². The van der Waals surface area contributed by atoms with E-state index >= 15 is 0 Å². The molecule has 1 N–H and O–H groups in total. The lowest BCUT2D eigenvalue weighted by Gasteiger charge is -2.39. The summed E-state index contributed by atoms with van der Waals surface area (Å²) in [6, 6.07) is 5.49. The van der Waals surface area contributed by atoms with Crippen LogP contribution in [0.15, 0.2) is 12.1 Å². The summed E-state index contributed by atoms with van der Waals surface area (Å²) in [6.45, 7) is 4.15. The average Bonchev–Trinajstić information content (AvgIpc) is 2.66. The van der Waals surface area contributed by atoms with Gasteiger partial charge in [0, 0.05) is 17.6 Å². The molecule has 2 aliphatic rings. The van der Waals surface area contributed by atoms with E-state index in [1.54, 1.807) is 7.11 Å². The summed E-state index contributed by atoms with van der Waals surface area (Å²) in [7, 11) is 3.94. The SMILES string of the molecule is COc1cc(C)cc(C)c1C(O)C1CC2CCC(C1)N2C. The number of aliphatic hydroxyl groups is 1. The Bertz CT molecular complexity index is 514. The van der Waals surface area contributed by atoms with Crippen LogP contribution < -0.4 is 4.74 Å². The molecule has 1 aromatic rings. The number of fused-ring (bicyclic) bond motifs is 2. The van der Waals surface area contributed by atoms with E-state index < -0.39 is 6.10 Å². The van der Waals surface area contributed by atoms with Crippen LogP contribution in [0.2, 0.25) is 0 Å². The zero-order valence-electron chi connectivity index (χ0n) is 13.6. The van der Waals surface area contributed by atoms with Crippen LogP contribution in [0.5, 0.6) is 5.75 Å². The Morgan fingerprint density at radius 1 is 1.19 bits per heavy atom. The third kappa shape index (κ3) is 2.58. The van der Waals surface area contributed by atoms with Crippen LogP contribution >= 0.6 is 0 Å². The number of benzene rings is 1. The van der Waals surface area contributed by atoms with Gasteiger partial charge in [0.25, 0.3) is 0 Å². The first-order chi connectivity index (χ1) is 10.0. The summed E-state index contributed by atoms with van der Waals surface area (Å²) in [6.07, 6.45) is 4.37. The number of piperidine rings is 1. The molecule has 2 aliphatic heterocycles. The molecule has 3 unspecified atom stereocenters. The summed E-state index contributed by atoms with van der Waals surface area (Å²) in [5.74, 6) is 1.19. The van der Waals surface area contributed by atoms with Gasteiger partial charge in [-0.05, 0) is 69.7 Å². The van der Waals surface area contributed by atoms with Gasteiger partial charge in [0.15, 0.2) is 0 Å². The highest BCUT2D eigenvalue weighted by atomic mass is 16.5. The van der Waals surface area contributed by atoms with Gasteiger partial charge in [0.2, 0.25) is 0 Å². The molecule has 0 aromatic heterocycles. The van der Waals surface area contributed by atoms with Crippen LogP contribution in [0.3, 0.4) is 0 Å². The molecule has 2 heterocycles. The number of methoxy groups -OCH3 is 1.